The number of aryl methyl sites for hydroxylation is 4. The van der Waals surface area contributed by atoms with Crippen molar-refractivity contribution in [2.75, 3.05) is 6.54 Å². The molecule has 3 rings (SSSR count). The zero-order valence-corrected chi connectivity index (χ0v) is 15.6. The first kappa shape index (κ1) is 18.6. The lowest BCUT2D eigenvalue weighted by Crippen LogP contribution is -2.25. The van der Waals surface area contributed by atoms with Crippen LogP contribution in [0.5, 0.6) is 0 Å². The molecular formula is C20H24N2O3S. The molecule has 2 aromatic rings. The van der Waals surface area contributed by atoms with Crippen molar-refractivity contribution in [3.8, 4) is 0 Å². The molecule has 1 aromatic carbocycles. The van der Waals surface area contributed by atoms with Gasteiger partial charge in [0.05, 0.1) is 16.3 Å². The maximum Gasteiger partial charge on any atom is 0.335 e. The second kappa shape index (κ2) is 8.94. The minimum atomic E-state index is -0.935. The van der Waals surface area contributed by atoms with Crippen molar-refractivity contribution in [3.05, 3.63) is 51.0 Å². The standard InChI is InChI=1S/C20H24N2O3S/c23-18(12-9-14-7-10-15(11-8-14)20(24)25)21-13-3-6-19-22-16-4-1-2-5-17(16)26-19/h7-8,10-11H,1-6,9,12-13H2,(H,21,23)(H,24,25). The minimum Gasteiger partial charge on any atom is -0.478 e. The van der Waals surface area contributed by atoms with Gasteiger partial charge in [-0.25, -0.2) is 9.78 Å². The Morgan fingerprint density at radius 1 is 1.12 bits per heavy atom. The smallest absolute Gasteiger partial charge is 0.335 e. The van der Waals surface area contributed by atoms with E-state index in [1.165, 1.54) is 34.8 Å². The molecule has 0 saturated heterocycles. The molecule has 2 N–H and O–H groups in total. The molecule has 0 bridgehead atoms. The maximum absolute atomic E-state index is 11.9. The molecule has 1 heterocycles. The molecule has 6 heteroatoms. The number of aromatic nitrogens is 1. The summed E-state index contributed by atoms with van der Waals surface area (Å²) in [4.78, 5) is 28.9. The predicted molar refractivity (Wildman–Crippen MR) is 102 cm³/mol. The first-order chi connectivity index (χ1) is 12.6. The topological polar surface area (TPSA) is 79.3 Å². The highest BCUT2D eigenvalue weighted by Gasteiger charge is 2.14. The Hall–Kier alpha value is -2.21. The highest BCUT2D eigenvalue weighted by atomic mass is 32.1. The highest BCUT2D eigenvalue weighted by molar-refractivity contribution is 7.11. The van der Waals surface area contributed by atoms with Gasteiger partial charge < -0.3 is 10.4 Å². The molecule has 1 amide bonds. The number of nitrogens with zero attached hydrogens (tertiary/aromatic N) is 1. The van der Waals surface area contributed by atoms with E-state index in [9.17, 15) is 9.59 Å². The lowest BCUT2D eigenvalue weighted by atomic mass is 10.0. The molecule has 1 aliphatic carbocycles. The average molecular weight is 372 g/mol. The van der Waals surface area contributed by atoms with E-state index in [0.29, 0.717) is 19.4 Å². The molecule has 138 valence electrons. The summed E-state index contributed by atoms with van der Waals surface area (Å²) in [5.41, 5.74) is 2.54. The lowest BCUT2D eigenvalue weighted by Gasteiger charge is -2.06. The molecule has 0 fully saturated rings. The predicted octanol–water partition coefficient (Wildman–Crippen LogP) is 3.40. The van der Waals surface area contributed by atoms with Crippen molar-refractivity contribution in [1.82, 2.24) is 10.3 Å². The van der Waals surface area contributed by atoms with E-state index in [1.54, 1.807) is 24.3 Å². The van der Waals surface area contributed by atoms with Gasteiger partial charge in [-0.05, 0) is 56.2 Å². The molecule has 1 aliphatic rings. The number of rotatable bonds is 8. The van der Waals surface area contributed by atoms with Gasteiger partial charge in [0.2, 0.25) is 5.91 Å². The zero-order valence-electron chi connectivity index (χ0n) is 14.8. The third-order valence-electron chi connectivity index (χ3n) is 4.62. The molecule has 0 spiro atoms. The van der Waals surface area contributed by atoms with Gasteiger partial charge in [-0.1, -0.05) is 12.1 Å². The Kier molecular flexibility index (Phi) is 6.39. The van der Waals surface area contributed by atoms with Gasteiger partial charge in [0.25, 0.3) is 0 Å². The molecule has 26 heavy (non-hydrogen) atoms. The Bertz CT molecular complexity index is 744. The number of amides is 1. The Labute approximate surface area is 157 Å². The van der Waals surface area contributed by atoms with Crippen molar-refractivity contribution in [2.24, 2.45) is 0 Å². The van der Waals surface area contributed by atoms with Gasteiger partial charge >= 0.3 is 5.97 Å². The highest BCUT2D eigenvalue weighted by Crippen LogP contribution is 2.27. The van der Waals surface area contributed by atoms with Crippen LogP contribution in [0.2, 0.25) is 0 Å². The largest absolute Gasteiger partial charge is 0.478 e. The van der Waals surface area contributed by atoms with Crippen molar-refractivity contribution >= 4 is 23.2 Å². The van der Waals surface area contributed by atoms with Gasteiger partial charge in [-0.15, -0.1) is 11.3 Å². The van der Waals surface area contributed by atoms with Gasteiger partial charge in [-0.2, -0.15) is 0 Å². The van der Waals surface area contributed by atoms with Crippen molar-refractivity contribution in [1.29, 1.82) is 0 Å². The lowest BCUT2D eigenvalue weighted by molar-refractivity contribution is -0.121. The molecule has 0 radical (unpaired) electrons. The number of carbonyl (C=O) groups is 2. The average Bonchev–Trinajstić information content (AvgIpc) is 3.06. The number of aromatic carboxylic acids is 1. The Morgan fingerprint density at radius 2 is 1.88 bits per heavy atom. The quantitative estimate of drug-likeness (QED) is 0.696. The Morgan fingerprint density at radius 3 is 2.62 bits per heavy atom. The van der Waals surface area contributed by atoms with Crippen LogP contribution in [-0.4, -0.2) is 28.5 Å². The van der Waals surface area contributed by atoms with E-state index in [2.05, 4.69) is 5.32 Å². The van der Waals surface area contributed by atoms with Crippen LogP contribution in [0.25, 0.3) is 0 Å². The van der Waals surface area contributed by atoms with Gasteiger partial charge in [-0.3, -0.25) is 4.79 Å². The maximum atomic E-state index is 11.9. The number of carboxylic acid groups (broad SMARTS) is 1. The number of fused-ring (bicyclic) bond motifs is 1. The second-order valence-electron chi connectivity index (χ2n) is 6.64. The van der Waals surface area contributed by atoms with Crippen LogP contribution in [0.15, 0.2) is 24.3 Å². The number of hydrogen-bond acceptors (Lipinski definition) is 4. The normalized spacial score (nSPS) is 13.2. The number of thiazole rings is 1. The zero-order chi connectivity index (χ0) is 18.4. The molecule has 0 aliphatic heterocycles. The summed E-state index contributed by atoms with van der Waals surface area (Å²) >= 11 is 1.84. The van der Waals surface area contributed by atoms with E-state index in [4.69, 9.17) is 10.1 Å². The van der Waals surface area contributed by atoms with Crippen LogP contribution in [0.1, 0.15) is 57.2 Å². The monoisotopic (exact) mass is 372 g/mol. The van der Waals surface area contributed by atoms with E-state index in [-0.39, 0.29) is 11.5 Å². The summed E-state index contributed by atoms with van der Waals surface area (Å²) in [6.45, 7) is 0.668. The van der Waals surface area contributed by atoms with Gasteiger partial charge in [0.15, 0.2) is 0 Å². The SMILES string of the molecule is O=C(CCc1ccc(C(=O)O)cc1)NCCCc1nc2c(s1)CCCC2. The third-order valence-corrected chi connectivity index (χ3v) is 5.84. The second-order valence-corrected chi connectivity index (χ2v) is 7.81. The summed E-state index contributed by atoms with van der Waals surface area (Å²) in [7, 11) is 0. The molecule has 1 aromatic heterocycles. The number of benzene rings is 1. The fourth-order valence-corrected chi connectivity index (χ4v) is 4.34. The van der Waals surface area contributed by atoms with Crippen LogP contribution < -0.4 is 5.32 Å². The van der Waals surface area contributed by atoms with Gasteiger partial charge in [0, 0.05) is 24.3 Å². The van der Waals surface area contributed by atoms with Crippen molar-refractivity contribution < 1.29 is 14.7 Å². The van der Waals surface area contributed by atoms with Crippen molar-refractivity contribution in [3.63, 3.8) is 0 Å². The van der Waals surface area contributed by atoms with Gasteiger partial charge in [0.1, 0.15) is 0 Å². The third kappa shape index (κ3) is 5.14. The van der Waals surface area contributed by atoms with E-state index in [1.807, 2.05) is 11.3 Å². The number of nitrogens with one attached hydrogen (secondary N) is 1. The van der Waals surface area contributed by atoms with Crippen molar-refractivity contribution in [2.45, 2.75) is 51.4 Å². The van der Waals surface area contributed by atoms with Crippen LogP contribution in [-0.2, 0) is 30.5 Å². The summed E-state index contributed by atoms with van der Waals surface area (Å²) < 4.78 is 0. The fraction of sp³-hybridized carbons (Fsp3) is 0.450. The fourth-order valence-electron chi connectivity index (χ4n) is 3.14. The first-order valence-corrected chi connectivity index (χ1v) is 10.00. The minimum absolute atomic E-state index is 0.0331. The summed E-state index contributed by atoms with van der Waals surface area (Å²) in [6, 6.07) is 6.67. The molecule has 0 unspecified atom stereocenters. The summed E-state index contributed by atoms with van der Waals surface area (Å²) in [5.74, 6) is -0.902. The molecule has 0 saturated carbocycles. The van der Waals surface area contributed by atoms with Crippen LogP contribution in [0.3, 0.4) is 0 Å². The molecule has 5 nitrogen and oxygen atoms in total. The number of carbonyl (C=O) groups excluding carboxylic acids is 1. The van der Waals surface area contributed by atoms with E-state index in [0.717, 1.165) is 24.8 Å². The van der Waals surface area contributed by atoms with Crippen LogP contribution in [0, 0.1) is 0 Å². The van der Waals surface area contributed by atoms with Crippen LogP contribution >= 0.6 is 11.3 Å². The summed E-state index contributed by atoms with van der Waals surface area (Å²) in [6.07, 6.45) is 7.70. The Balaban J connectivity index is 1.34. The molecular weight excluding hydrogens is 348 g/mol. The number of hydrogen-bond donors (Lipinski definition) is 2. The number of carboxylic acids is 1. The molecule has 0 atom stereocenters. The van der Waals surface area contributed by atoms with E-state index < -0.39 is 5.97 Å². The summed E-state index contributed by atoms with van der Waals surface area (Å²) in [5, 5.41) is 13.0. The van der Waals surface area contributed by atoms with Crippen LogP contribution in [0.4, 0.5) is 0 Å². The first-order valence-electron chi connectivity index (χ1n) is 9.18. The van der Waals surface area contributed by atoms with E-state index >= 15 is 0 Å².